The van der Waals surface area contributed by atoms with Gasteiger partial charge >= 0.3 is 11.9 Å². The molecule has 0 bridgehead atoms. The largest absolute Gasteiger partial charge is 0.478 e. The van der Waals surface area contributed by atoms with Crippen molar-refractivity contribution >= 4 is 11.9 Å². The third-order valence-electron chi connectivity index (χ3n) is 4.66. The van der Waals surface area contributed by atoms with E-state index >= 15 is 0 Å². The summed E-state index contributed by atoms with van der Waals surface area (Å²) in [4.78, 5) is 21.8. The lowest BCUT2D eigenvalue weighted by Crippen LogP contribution is -2.44. The normalized spacial score (nSPS) is 14.9. The number of aryl methyl sites for hydroxylation is 2. The van der Waals surface area contributed by atoms with E-state index in [0.29, 0.717) is 12.2 Å². The Bertz CT molecular complexity index is 649. The maximum absolute atomic E-state index is 9.55. The minimum atomic E-state index is -1.26. The monoisotopic (exact) mass is 390 g/mol. The van der Waals surface area contributed by atoms with Crippen molar-refractivity contribution in [2.45, 2.75) is 53.1 Å². The molecule has 6 heteroatoms. The Labute approximate surface area is 168 Å². The summed E-state index contributed by atoms with van der Waals surface area (Å²) in [6, 6.07) is 7.63. The first kappa shape index (κ1) is 23.9. The van der Waals surface area contributed by atoms with Gasteiger partial charge in [0.1, 0.15) is 0 Å². The zero-order chi connectivity index (χ0) is 21.1. The van der Waals surface area contributed by atoms with E-state index in [1.807, 2.05) is 0 Å². The van der Waals surface area contributed by atoms with Crippen LogP contribution in [-0.4, -0.2) is 52.7 Å². The van der Waals surface area contributed by atoms with Gasteiger partial charge in [-0.05, 0) is 56.8 Å². The molecule has 1 fully saturated rings. The van der Waals surface area contributed by atoms with Crippen molar-refractivity contribution < 1.29 is 19.8 Å². The molecule has 156 valence electrons. The Morgan fingerprint density at radius 3 is 2.18 bits per heavy atom. The van der Waals surface area contributed by atoms with Gasteiger partial charge in [0.25, 0.3) is 0 Å². The molecule has 1 aliphatic rings. The number of nitrogens with zero attached hydrogens (tertiary/aromatic N) is 1. The molecule has 0 saturated carbocycles. The number of hydrogen-bond acceptors (Lipinski definition) is 4. The molecular weight excluding hydrogens is 356 g/mol. The van der Waals surface area contributed by atoms with Crippen molar-refractivity contribution in [3.8, 4) is 0 Å². The van der Waals surface area contributed by atoms with Crippen LogP contribution in [0.25, 0.3) is 0 Å². The van der Waals surface area contributed by atoms with Crippen molar-refractivity contribution in [3.05, 3.63) is 47.0 Å². The molecule has 0 unspecified atom stereocenters. The van der Waals surface area contributed by atoms with E-state index in [0.717, 1.165) is 18.5 Å². The van der Waals surface area contributed by atoms with Gasteiger partial charge in [0.05, 0.1) is 0 Å². The number of benzene rings is 1. The SMILES string of the molecule is Cc1ccc(CN(CC(C)C)C2CCNCC2)c(C)c1.O=C(O)/C=C/C(=O)O. The summed E-state index contributed by atoms with van der Waals surface area (Å²) in [5.74, 6) is -1.78. The molecule has 3 N–H and O–H groups in total. The van der Waals surface area contributed by atoms with Gasteiger partial charge in [0.2, 0.25) is 0 Å². The number of rotatable bonds is 7. The molecule has 1 aromatic carbocycles. The van der Waals surface area contributed by atoms with Crippen LogP contribution < -0.4 is 5.32 Å². The van der Waals surface area contributed by atoms with Gasteiger partial charge in [0.15, 0.2) is 0 Å². The standard InChI is InChI=1S/C18H30N2.C4H4O4/c1-14(2)12-20(18-7-9-19-10-8-18)13-17-6-5-15(3)11-16(17)4;5-3(6)1-2-4(7)8/h5-6,11,14,18-19H,7-10,12-13H2,1-4H3;1-2H,(H,5,6)(H,7,8)/b;2-1+. The predicted molar refractivity (Wildman–Crippen MR) is 111 cm³/mol. The Balaban J connectivity index is 0.000000416. The van der Waals surface area contributed by atoms with Crippen molar-refractivity contribution in [1.29, 1.82) is 0 Å². The number of nitrogens with one attached hydrogen (secondary N) is 1. The molecular formula is C22H34N2O4. The third-order valence-corrected chi connectivity index (χ3v) is 4.66. The molecule has 0 aliphatic carbocycles. The lowest BCUT2D eigenvalue weighted by Gasteiger charge is -2.36. The molecule has 0 spiro atoms. The Hall–Kier alpha value is -2.18. The summed E-state index contributed by atoms with van der Waals surface area (Å²) in [7, 11) is 0. The van der Waals surface area contributed by atoms with E-state index in [9.17, 15) is 9.59 Å². The van der Waals surface area contributed by atoms with Crippen LogP contribution in [0.5, 0.6) is 0 Å². The third kappa shape index (κ3) is 9.67. The zero-order valence-corrected chi connectivity index (χ0v) is 17.4. The Morgan fingerprint density at radius 1 is 1.14 bits per heavy atom. The summed E-state index contributed by atoms with van der Waals surface area (Å²) in [6.07, 6.45) is 3.69. The van der Waals surface area contributed by atoms with Crippen molar-refractivity contribution in [1.82, 2.24) is 10.2 Å². The number of hydrogen-bond donors (Lipinski definition) is 3. The van der Waals surface area contributed by atoms with E-state index in [1.54, 1.807) is 0 Å². The van der Waals surface area contributed by atoms with Crippen LogP contribution in [0.3, 0.4) is 0 Å². The molecule has 0 amide bonds. The van der Waals surface area contributed by atoms with Crippen LogP contribution in [0, 0.1) is 19.8 Å². The summed E-state index contributed by atoms with van der Waals surface area (Å²) < 4.78 is 0. The first-order chi connectivity index (χ1) is 13.2. The molecule has 1 heterocycles. The van der Waals surface area contributed by atoms with E-state index in [1.165, 1.54) is 49.2 Å². The van der Waals surface area contributed by atoms with E-state index in [4.69, 9.17) is 10.2 Å². The van der Waals surface area contributed by atoms with Crippen LogP contribution in [-0.2, 0) is 16.1 Å². The lowest BCUT2D eigenvalue weighted by atomic mass is 10.00. The average Bonchev–Trinajstić information content (AvgIpc) is 2.62. The number of carboxylic acids is 2. The zero-order valence-electron chi connectivity index (χ0n) is 17.4. The van der Waals surface area contributed by atoms with E-state index < -0.39 is 11.9 Å². The highest BCUT2D eigenvalue weighted by atomic mass is 16.4. The second-order valence-electron chi connectivity index (χ2n) is 7.74. The van der Waals surface area contributed by atoms with Gasteiger partial charge in [0, 0.05) is 31.3 Å². The second-order valence-corrected chi connectivity index (χ2v) is 7.74. The highest BCUT2D eigenvalue weighted by molar-refractivity contribution is 5.89. The predicted octanol–water partition coefficient (Wildman–Crippen LogP) is 3.23. The average molecular weight is 391 g/mol. The van der Waals surface area contributed by atoms with Crippen molar-refractivity contribution in [2.75, 3.05) is 19.6 Å². The molecule has 1 aliphatic heterocycles. The van der Waals surface area contributed by atoms with E-state index in [2.05, 4.69) is 56.1 Å². The fourth-order valence-electron chi connectivity index (χ4n) is 3.37. The van der Waals surface area contributed by atoms with Gasteiger partial charge in [-0.15, -0.1) is 0 Å². The van der Waals surface area contributed by atoms with Gasteiger partial charge in [-0.1, -0.05) is 37.6 Å². The quantitative estimate of drug-likeness (QED) is 0.620. The second kappa shape index (κ2) is 12.3. The molecule has 0 atom stereocenters. The summed E-state index contributed by atoms with van der Waals surface area (Å²) in [5, 5.41) is 19.1. The lowest BCUT2D eigenvalue weighted by molar-refractivity contribution is -0.134. The number of carboxylic acid groups (broad SMARTS) is 2. The molecule has 0 aromatic heterocycles. The highest BCUT2D eigenvalue weighted by Crippen LogP contribution is 2.20. The molecule has 0 radical (unpaired) electrons. The summed E-state index contributed by atoms with van der Waals surface area (Å²) in [5.41, 5.74) is 4.30. The van der Waals surface area contributed by atoms with Gasteiger partial charge in [-0.3, -0.25) is 4.90 Å². The van der Waals surface area contributed by atoms with Crippen molar-refractivity contribution in [3.63, 3.8) is 0 Å². The van der Waals surface area contributed by atoms with Crippen molar-refractivity contribution in [2.24, 2.45) is 5.92 Å². The van der Waals surface area contributed by atoms with Gasteiger partial charge in [-0.2, -0.15) is 0 Å². The fraction of sp³-hybridized carbons (Fsp3) is 0.545. The van der Waals surface area contributed by atoms with E-state index in [-0.39, 0.29) is 0 Å². The van der Waals surface area contributed by atoms with Crippen LogP contribution in [0.15, 0.2) is 30.4 Å². The van der Waals surface area contributed by atoms with Gasteiger partial charge < -0.3 is 15.5 Å². The van der Waals surface area contributed by atoms with Gasteiger partial charge in [-0.25, -0.2) is 9.59 Å². The number of aliphatic carboxylic acids is 2. The molecule has 28 heavy (non-hydrogen) atoms. The molecule has 1 saturated heterocycles. The Kier molecular flexibility index (Phi) is 10.5. The smallest absolute Gasteiger partial charge is 0.328 e. The first-order valence-corrected chi connectivity index (χ1v) is 9.83. The minimum Gasteiger partial charge on any atom is -0.478 e. The maximum Gasteiger partial charge on any atom is 0.328 e. The topological polar surface area (TPSA) is 89.9 Å². The van der Waals surface area contributed by atoms with Crippen LogP contribution >= 0.6 is 0 Å². The summed E-state index contributed by atoms with van der Waals surface area (Å²) in [6.45, 7) is 13.7. The number of carbonyl (C=O) groups is 2. The molecule has 6 nitrogen and oxygen atoms in total. The summed E-state index contributed by atoms with van der Waals surface area (Å²) >= 11 is 0. The van der Waals surface area contributed by atoms with Crippen LogP contribution in [0.1, 0.15) is 43.4 Å². The minimum absolute atomic E-state index is 0.558. The molecule has 2 rings (SSSR count). The van der Waals surface area contributed by atoms with Crippen LogP contribution in [0.2, 0.25) is 0 Å². The van der Waals surface area contributed by atoms with Crippen LogP contribution in [0.4, 0.5) is 0 Å². The molecule has 1 aromatic rings. The highest BCUT2D eigenvalue weighted by Gasteiger charge is 2.22. The fourth-order valence-corrected chi connectivity index (χ4v) is 3.37. The Morgan fingerprint density at radius 2 is 1.71 bits per heavy atom. The maximum atomic E-state index is 9.55. The first-order valence-electron chi connectivity index (χ1n) is 9.83. The number of piperidine rings is 1.